The number of pyridine rings is 1. The normalized spacial score (nSPS) is 15.4. The second-order valence-corrected chi connectivity index (χ2v) is 13.2. The van der Waals surface area contributed by atoms with Crippen LogP contribution in [0.4, 0.5) is 4.39 Å². The van der Waals surface area contributed by atoms with E-state index in [4.69, 9.17) is 9.72 Å². The molecule has 1 aromatic heterocycles. The number of carboxylic acid groups (broad SMARTS) is 1. The van der Waals surface area contributed by atoms with E-state index >= 15 is 0 Å². The number of carbonyl (C=O) groups is 2. The quantitative estimate of drug-likeness (QED) is 0.285. The fraction of sp³-hybridized carbons (Fsp3) is 0.457. The lowest BCUT2D eigenvalue weighted by Gasteiger charge is -2.42. The van der Waals surface area contributed by atoms with Gasteiger partial charge in [-0.25, -0.2) is 9.18 Å². The van der Waals surface area contributed by atoms with E-state index in [0.717, 1.165) is 24.1 Å². The molecule has 2 heterocycles. The molecular weight excluding hydrogens is 531 g/mol. The van der Waals surface area contributed by atoms with Crippen LogP contribution < -0.4 is 0 Å². The Bertz CT molecular complexity index is 1430. The van der Waals surface area contributed by atoms with E-state index in [9.17, 15) is 19.1 Å². The molecule has 224 valence electrons. The van der Waals surface area contributed by atoms with Crippen molar-refractivity contribution in [3.8, 4) is 11.1 Å². The predicted octanol–water partition coefficient (Wildman–Crippen LogP) is 7.59. The van der Waals surface area contributed by atoms with Crippen molar-refractivity contribution >= 4 is 11.9 Å². The SMILES string of the molecule is CC(C)c1nc2c(c(-c3ccc(F)cc3)c1C(OC(C)(C)C)C(=O)O)CN(C(=O)CCCc1ccccc1)CC2(C)C. The molecule has 1 aliphatic heterocycles. The van der Waals surface area contributed by atoms with Crippen molar-refractivity contribution in [3.63, 3.8) is 0 Å². The van der Waals surface area contributed by atoms with Gasteiger partial charge in [-0.2, -0.15) is 0 Å². The highest BCUT2D eigenvalue weighted by atomic mass is 19.1. The number of hydrogen-bond acceptors (Lipinski definition) is 4. The third kappa shape index (κ3) is 7.06. The van der Waals surface area contributed by atoms with Crippen LogP contribution in [-0.2, 0) is 32.7 Å². The van der Waals surface area contributed by atoms with Crippen LogP contribution in [-0.4, -0.2) is 39.0 Å². The molecule has 1 amide bonds. The number of aliphatic carboxylic acids is 1. The molecule has 1 atom stereocenters. The maximum Gasteiger partial charge on any atom is 0.337 e. The zero-order valence-electron chi connectivity index (χ0n) is 25.8. The Morgan fingerprint density at radius 3 is 2.29 bits per heavy atom. The number of rotatable bonds is 9. The summed E-state index contributed by atoms with van der Waals surface area (Å²) in [6.07, 6.45) is 0.643. The minimum absolute atomic E-state index is 0.0462. The van der Waals surface area contributed by atoms with Gasteiger partial charge < -0.3 is 14.7 Å². The number of aromatic nitrogens is 1. The lowest BCUT2D eigenvalue weighted by Crippen LogP contribution is -2.46. The van der Waals surface area contributed by atoms with Gasteiger partial charge in [0.25, 0.3) is 0 Å². The van der Waals surface area contributed by atoms with Gasteiger partial charge in [0.05, 0.1) is 17.0 Å². The lowest BCUT2D eigenvalue weighted by atomic mass is 9.76. The number of carboxylic acids is 1. The average Bonchev–Trinajstić information content (AvgIpc) is 2.91. The van der Waals surface area contributed by atoms with Crippen LogP contribution in [0.5, 0.6) is 0 Å². The van der Waals surface area contributed by atoms with Gasteiger partial charge in [-0.05, 0) is 68.4 Å². The number of benzene rings is 2. The summed E-state index contributed by atoms with van der Waals surface area (Å²) in [6.45, 7) is 14.4. The molecule has 0 bridgehead atoms. The Morgan fingerprint density at radius 2 is 1.71 bits per heavy atom. The van der Waals surface area contributed by atoms with E-state index < -0.39 is 23.1 Å². The molecule has 1 unspecified atom stereocenters. The van der Waals surface area contributed by atoms with E-state index in [2.05, 4.69) is 26.0 Å². The van der Waals surface area contributed by atoms with E-state index in [1.165, 1.54) is 17.7 Å². The van der Waals surface area contributed by atoms with Crippen LogP contribution in [0.3, 0.4) is 0 Å². The van der Waals surface area contributed by atoms with Gasteiger partial charge in [0.15, 0.2) is 6.10 Å². The molecule has 4 rings (SSSR count). The fourth-order valence-corrected chi connectivity index (χ4v) is 5.83. The van der Waals surface area contributed by atoms with Gasteiger partial charge in [-0.1, -0.05) is 70.2 Å². The Hall–Kier alpha value is -3.58. The van der Waals surface area contributed by atoms with E-state index in [0.29, 0.717) is 35.3 Å². The van der Waals surface area contributed by atoms with Crippen molar-refractivity contribution < 1.29 is 23.8 Å². The first-order chi connectivity index (χ1) is 19.7. The molecule has 3 aromatic rings. The number of fused-ring (bicyclic) bond motifs is 1. The third-order valence-corrected chi connectivity index (χ3v) is 7.63. The van der Waals surface area contributed by atoms with E-state index in [1.54, 1.807) is 12.1 Å². The maximum absolute atomic E-state index is 14.1. The molecule has 0 aliphatic carbocycles. The van der Waals surface area contributed by atoms with Crippen LogP contribution in [0.1, 0.15) is 101 Å². The average molecular weight is 575 g/mol. The number of aryl methyl sites for hydroxylation is 1. The molecule has 0 spiro atoms. The van der Waals surface area contributed by atoms with Gasteiger partial charge in [-0.3, -0.25) is 9.78 Å². The molecule has 0 fully saturated rings. The number of hydrogen-bond donors (Lipinski definition) is 1. The molecule has 42 heavy (non-hydrogen) atoms. The van der Waals surface area contributed by atoms with Gasteiger partial charge >= 0.3 is 5.97 Å². The zero-order valence-corrected chi connectivity index (χ0v) is 25.8. The second kappa shape index (κ2) is 12.3. The number of halogens is 1. The van der Waals surface area contributed by atoms with Gasteiger partial charge in [-0.15, -0.1) is 0 Å². The summed E-state index contributed by atoms with van der Waals surface area (Å²) in [4.78, 5) is 33.4. The van der Waals surface area contributed by atoms with Crippen molar-refractivity contribution in [2.45, 2.75) is 97.3 Å². The van der Waals surface area contributed by atoms with Crippen molar-refractivity contribution in [1.29, 1.82) is 0 Å². The van der Waals surface area contributed by atoms with Crippen molar-refractivity contribution in [1.82, 2.24) is 9.88 Å². The van der Waals surface area contributed by atoms with E-state index in [1.807, 2.05) is 57.7 Å². The Kier molecular flexibility index (Phi) is 9.21. The number of nitrogens with zero attached hydrogens (tertiary/aromatic N) is 2. The molecular formula is C35H43FN2O4. The lowest BCUT2D eigenvalue weighted by molar-refractivity contribution is -0.160. The number of amides is 1. The summed E-state index contributed by atoms with van der Waals surface area (Å²) in [7, 11) is 0. The monoisotopic (exact) mass is 574 g/mol. The highest BCUT2D eigenvalue weighted by molar-refractivity contribution is 5.84. The second-order valence-electron chi connectivity index (χ2n) is 13.2. The summed E-state index contributed by atoms with van der Waals surface area (Å²) in [5.74, 6) is -1.57. The molecule has 0 saturated heterocycles. The van der Waals surface area contributed by atoms with E-state index in [-0.39, 0.29) is 24.2 Å². The third-order valence-electron chi connectivity index (χ3n) is 7.63. The Labute approximate surface area is 248 Å². The summed E-state index contributed by atoms with van der Waals surface area (Å²) in [5, 5.41) is 10.5. The van der Waals surface area contributed by atoms with Crippen molar-refractivity contribution in [2.24, 2.45) is 0 Å². The molecule has 0 radical (unpaired) electrons. The zero-order chi connectivity index (χ0) is 30.8. The molecule has 1 aliphatic rings. The number of ether oxygens (including phenoxy) is 1. The van der Waals surface area contributed by atoms with Gasteiger partial charge in [0.2, 0.25) is 5.91 Å². The summed E-state index contributed by atoms with van der Waals surface area (Å²) in [6, 6.07) is 16.2. The largest absolute Gasteiger partial charge is 0.479 e. The topological polar surface area (TPSA) is 79.7 Å². The van der Waals surface area contributed by atoms with Gasteiger partial charge in [0, 0.05) is 36.1 Å². The molecule has 1 N–H and O–H groups in total. The van der Waals surface area contributed by atoms with Crippen LogP contribution in [0, 0.1) is 5.82 Å². The van der Waals surface area contributed by atoms with Gasteiger partial charge in [0.1, 0.15) is 5.82 Å². The maximum atomic E-state index is 14.1. The minimum Gasteiger partial charge on any atom is -0.479 e. The molecule has 6 nitrogen and oxygen atoms in total. The molecule has 7 heteroatoms. The molecule has 2 aromatic carbocycles. The van der Waals surface area contributed by atoms with Crippen molar-refractivity contribution in [2.75, 3.05) is 6.54 Å². The highest BCUT2D eigenvalue weighted by Gasteiger charge is 2.41. The van der Waals surface area contributed by atoms with Crippen LogP contribution in [0.25, 0.3) is 11.1 Å². The van der Waals surface area contributed by atoms with Crippen LogP contribution in [0.2, 0.25) is 0 Å². The highest BCUT2D eigenvalue weighted by Crippen LogP contribution is 2.45. The smallest absolute Gasteiger partial charge is 0.337 e. The first kappa shape index (κ1) is 31.4. The van der Waals surface area contributed by atoms with Crippen LogP contribution >= 0.6 is 0 Å². The summed E-state index contributed by atoms with van der Waals surface area (Å²) >= 11 is 0. The standard InChI is InChI=1S/C35H43FN2O4/c1-22(2)30-29(31(33(40)41)42-34(3,4)5)28(24-16-18-25(36)19-17-24)26-20-38(21-35(6,7)32(26)37-30)27(39)15-11-14-23-12-9-8-10-13-23/h8-10,12-13,16-19,22,31H,11,14-15,20-21H2,1-7H3,(H,40,41). The minimum atomic E-state index is -1.31. The molecule has 0 saturated carbocycles. The first-order valence-electron chi connectivity index (χ1n) is 14.7. The summed E-state index contributed by atoms with van der Waals surface area (Å²) < 4.78 is 20.3. The van der Waals surface area contributed by atoms with Crippen molar-refractivity contribution in [3.05, 3.63) is 88.5 Å². The summed E-state index contributed by atoms with van der Waals surface area (Å²) in [5.41, 5.74) is 4.01. The Balaban J connectivity index is 1.86. The Morgan fingerprint density at radius 1 is 1.07 bits per heavy atom. The fourth-order valence-electron chi connectivity index (χ4n) is 5.83. The van der Waals surface area contributed by atoms with Crippen LogP contribution in [0.15, 0.2) is 54.6 Å². The predicted molar refractivity (Wildman–Crippen MR) is 163 cm³/mol. The number of carbonyl (C=O) groups excluding carboxylic acids is 1. The first-order valence-corrected chi connectivity index (χ1v) is 14.7.